The molecule has 0 saturated heterocycles. The lowest BCUT2D eigenvalue weighted by atomic mass is 9.66. The van der Waals surface area contributed by atoms with Crippen molar-refractivity contribution in [3.63, 3.8) is 0 Å². The van der Waals surface area contributed by atoms with Crippen molar-refractivity contribution >= 4 is 47.5 Å². The SMILES string of the molecule is CCOC(=O)C1=C(C(=O)OCC)C2(C)NC1(C)/C=C1/C=CC(=N1)/C=c1/cc/c([nH]1)=C/C1=NC(C(=O)OCC)(C(C(=O)OCC)=C1C)C2C. The van der Waals surface area contributed by atoms with E-state index < -0.39 is 46.4 Å². The molecule has 4 atom stereocenters. The first-order chi connectivity index (χ1) is 22.8. The number of carbonyl (C=O) groups excluding carboxylic acids is 4. The van der Waals surface area contributed by atoms with Gasteiger partial charge in [0.25, 0.3) is 0 Å². The molecule has 1 aromatic rings. The molecule has 0 fully saturated rings. The Bertz CT molecular complexity index is 1890. The minimum atomic E-state index is -2.02. The van der Waals surface area contributed by atoms with Crippen molar-refractivity contribution in [1.82, 2.24) is 10.3 Å². The smallest absolute Gasteiger partial charge is 0.339 e. The number of H-pyrrole nitrogens is 1. The number of carbonyl (C=O) groups is 4. The van der Waals surface area contributed by atoms with Gasteiger partial charge in [0.15, 0.2) is 5.54 Å². The van der Waals surface area contributed by atoms with Gasteiger partial charge >= 0.3 is 23.9 Å². The molecule has 12 heteroatoms. The Kier molecular flexibility index (Phi) is 9.33. The van der Waals surface area contributed by atoms with E-state index in [4.69, 9.17) is 28.9 Å². The molecule has 0 spiro atoms. The number of nitrogens with one attached hydrogen (secondary N) is 2. The van der Waals surface area contributed by atoms with Gasteiger partial charge in [-0.2, -0.15) is 0 Å². The predicted octanol–water partition coefficient (Wildman–Crippen LogP) is 2.30. The van der Waals surface area contributed by atoms with Crippen LogP contribution in [0, 0.1) is 5.92 Å². The van der Waals surface area contributed by atoms with Crippen LogP contribution in [-0.4, -0.2) is 83.3 Å². The Morgan fingerprint density at radius 3 is 1.96 bits per heavy atom. The fourth-order valence-corrected chi connectivity index (χ4v) is 7.10. The summed E-state index contributed by atoms with van der Waals surface area (Å²) in [6.45, 7) is 13.5. The largest absolute Gasteiger partial charge is 0.464 e. The van der Waals surface area contributed by atoms with Gasteiger partial charge in [-0.1, -0.05) is 6.92 Å². The molecule has 8 bridgehead atoms. The highest BCUT2D eigenvalue weighted by Gasteiger charge is 2.66. The monoisotopic (exact) mass is 658 g/mol. The van der Waals surface area contributed by atoms with E-state index in [1.165, 1.54) is 0 Å². The van der Waals surface area contributed by atoms with Crippen LogP contribution in [0.1, 0.15) is 55.4 Å². The lowest BCUT2D eigenvalue weighted by molar-refractivity contribution is -0.154. The number of nitrogens with zero attached hydrogens (tertiary/aromatic N) is 2. The second kappa shape index (κ2) is 13.0. The first kappa shape index (κ1) is 34.5. The third-order valence-electron chi connectivity index (χ3n) is 9.21. The standard InChI is InChI=1S/C36H42N4O8/c1-9-45-30(41)27-20(5)26-18-24-14-13-22(37-24)17-23-15-16-25(38-23)19-34(7)28(31(42)46-10-2)29(32(43)47-11-3)35(8,40-34)21(6)36(27,39-26)33(44)48-12-4/h13-19,21,37,40H,9-12H2,1-8H3/b22-17-,24-18-,25-19-. The number of aromatic amines is 1. The Labute approximate surface area is 279 Å². The van der Waals surface area contributed by atoms with Crippen molar-refractivity contribution in [3.8, 4) is 0 Å². The first-order valence-corrected chi connectivity index (χ1v) is 16.2. The molecule has 254 valence electrons. The van der Waals surface area contributed by atoms with Crippen LogP contribution < -0.4 is 16.0 Å². The zero-order chi connectivity index (χ0) is 35.0. The highest BCUT2D eigenvalue weighted by Crippen LogP contribution is 2.51. The Hall–Kier alpha value is -4.84. The topological polar surface area (TPSA) is 158 Å². The number of aromatic nitrogens is 1. The molecule has 4 aliphatic heterocycles. The molecule has 0 radical (unpaired) electrons. The van der Waals surface area contributed by atoms with Crippen LogP contribution in [0.25, 0.3) is 12.2 Å². The molecule has 1 aromatic heterocycles. The van der Waals surface area contributed by atoms with Crippen LogP contribution >= 0.6 is 0 Å². The third-order valence-corrected chi connectivity index (χ3v) is 9.21. The van der Waals surface area contributed by atoms with Crippen molar-refractivity contribution in [3.05, 3.63) is 69.0 Å². The lowest BCUT2D eigenvalue weighted by Gasteiger charge is -2.44. The summed E-state index contributed by atoms with van der Waals surface area (Å²) in [5, 5.41) is 4.93. The minimum Gasteiger partial charge on any atom is -0.464 e. The van der Waals surface area contributed by atoms with Crippen LogP contribution in [0.2, 0.25) is 0 Å². The second-order valence-corrected chi connectivity index (χ2v) is 12.2. The number of allylic oxidation sites excluding steroid dienone is 3. The van der Waals surface area contributed by atoms with E-state index in [1.807, 2.05) is 24.3 Å². The van der Waals surface area contributed by atoms with Gasteiger partial charge in [-0.3, -0.25) is 10.3 Å². The number of esters is 4. The van der Waals surface area contributed by atoms with Crippen LogP contribution in [0.5, 0.6) is 0 Å². The van der Waals surface area contributed by atoms with Gasteiger partial charge in [0, 0.05) is 16.6 Å². The summed E-state index contributed by atoms with van der Waals surface area (Å²) >= 11 is 0. The number of ether oxygens (including phenoxy) is 4. The van der Waals surface area contributed by atoms with E-state index in [2.05, 4.69) is 10.3 Å². The van der Waals surface area contributed by atoms with Crippen molar-refractivity contribution in [2.75, 3.05) is 26.4 Å². The van der Waals surface area contributed by atoms with Gasteiger partial charge in [-0.05, 0) is 96.6 Å². The second-order valence-electron chi connectivity index (χ2n) is 12.2. The predicted molar refractivity (Wildman–Crippen MR) is 179 cm³/mol. The molecule has 0 saturated carbocycles. The van der Waals surface area contributed by atoms with Crippen LogP contribution in [-0.2, 0) is 38.1 Å². The first-order valence-electron chi connectivity index (χ1n) is 16.2. The zero-order valence-electron chi connectivity index (χ0n) is 28.6. The van der Waals surface area contributed by atoms with Crippen LogP contribution in [0.15, 0.2) is 68.3 Å². The summed E-state index contributed by atoms with van der Waals surface area (Å²) in [5.41, 5.74) is -3.10. The van der Waals surface area contributed by atoms with Crippen LogP contribution in [0.4, 0.5) is 0 Å². The van der Waals surface area contributed by atoms with Gasteiger partial charge in [0.05, 0.1) is 71.3 Å². The van der Waals surface area contributed by atoms with Gasteiger partial charge in [-0.25, -0.2) is 24.2 Å². The van der Waals surface area contributed by atoms with E-state index in [1.54, 1.807) is 73.6 Å². The van der Waals surface area contributed by atoms with Gasteiger partial charge in [-0.15, -0.1) is 0 Å². The average Bonchev–Trinajstić information content (AvgIpc) is 3.77. The van der Waals surface area contributed by atoms with E-state index >= 15 is 0 Å². The maximum absolute atomic E-state index is 14.5. The lowest BCUT2D eigenvalue weighted by Crippen LogP contribution is -2.62. The molecular weight excluding hydrogens is 616 g/mol. The molecular formula is C36H42N4O8. The molecule has 12 nitrogen and oxygen atoms in total. The number of fused-ring (bicyclic) bond motifs is 6. The fourth-order valence-electron chi connectivity index (χ4n) is 7.10. The highest BCUT2D eigenvalue weighted by atomic mass is 16.5. The summed E-state index contributed by atoms with van der Waals surface area (Å²) in [6.07, 6.45) is 8.98. The summed E-state index contributed by atoms with van der Waals surface area (Å²) in [4.78, 5) is 69.5. The van der Waals surface area contributed by atoms with Crippen LogP contribution in [0.3, 0.4) is 0 Å². The number of hydrogen-bond acceptors (Lipinski definition) is 11. The van der Waals surface area contributed by atoms with E-state index in [0.29, 0.717) is 28.0 Å². The molecule has 4 unspecified atom stereocenters. The maximum Gasteiger partial charge on any atom is 0.339 e. The number of rotatable bonds is 8. The Morgan fingerprint density at radius 1 is 0.792 bits per heavy atom. The molecule has 48 heavy (non-hydrogen) atoms. The van der Waals surface area contributed by atoms with E-state index in [0.717, 1.165) is 5.35 Å². The summed E-state index contributed by atoms with van der Waals surface area (Å²) in [7, 11) is 0. The number of hydrogen-bond donors (Lipinski definition) is 2. The molecule has 0 aromatic carbocycles. The summed E-state index contributed by atoms with van der Waals surface area (Å²) in [5.74, 6) is -4.16. The highest BCUT2D eigenvalue weighted by molar-refractivity contribution is 6.27. The quantitative estimate of drug-likeness (QED) is 0.316. The normalized spacial score (nSPS) is 29.9. The van der Waals surface area contributed by atoms with E-state index in [-0.39, 0.29) is 43.1 Å². The average molecular weight is 659 g/mol. The van der Waals surface area contributed by atoms with E-state index in [9.17, 15) is 19.2 Å². The summed E-state index contributed by atoms with van der Waals surface area (Å²) < 4.78 is 22.3. The molecule has 0 aliphatic carbocycles. The maximum atomic E-state index is 14.5. The molecule has 0 amide bonds. The Morgan fingerprint density at radius 2 is 1.35 bits per heavy atom. The van der Waals surface area contributed by atoms with Crippen molar-refractivity contribution < 1.29 is 38.1 Å². The number of aliphatic imine (C=N–C) groups is 2. The molecule has 5 heterocycles. The molecule has 5 rings (SSSR count). The summed E-state index contributed by atoms with van der Waals surface area (Å²) in [6, 6.07) is 3.73. The zero-order valence-corrected chi connectivity index (χ0v) is 28.6. The van der Waals surface area contributed by atoms with Gasteiger partial charge in [0.1, 0.15) is 0 Å². The van der Waals surface area contributed by atoms with Gasteiger partial charge < -0.3 is 23.9 Å². The fraction of sp³-hybridized carbons (Fsp3) is 0.444. The molecule has 2 N–H and O–H groups in total. The molecule has 4 aliphatic rings. The van der Waals surface area contributed by atoms with Crippen molar-refractivity contribution in [1.29, 1.82) is 0 Å². The Balaban J connectivity index is 1.95. The van der Waals surface area contributed by atoms with Crippen molar-refractivity contribution in [2.24, 2.45) is 15.9 Å². The van der Waals surface area contributed by atoms with Gasteiger partial charge in [0.2, 0.25) is 0 Å². The third kappa shape index (κ3) is 5.57. The minimum absolute atomic E-state index is 0.00487. The van der Waals surface area contributed by atoms with Crippen molar-refractivity contribution in [2.45, 2.75) is 72.0 Å².